The zero-order valence-electron chi connectivity index (χ0n) is 24.4. The van der Waals surface area contributed by atoms with Gasteiger partial charge in [-0.15, -0.1) is 15.3 Å². The van der Waals surface area contributed by atoms with Crippen molar-refractivity contribution in [1.82, 2.24) is 30.7 Å². The molecule has 0 unspecified atom stereocenters. The van der Waals surface area contributed by atoms with E-state index in [2.05, 4.69) is 63.3 Å². The average molecular weight is 654 g/mol. The summed E-state index contributed by atoms with van der Waals surface area (Å²) in [6.07, 6.45) is -5.20. The highest BCUT2D eigenvalue weighted by atomic mass is 19.4. The molecule has 0 amide bonds. The number of phenols is 1. The Balaban J connectivity index is 0.000000421. The summed E-state index contributed by atoms with van der Waals surface area (Å²) in [6.45, 7) is 8.83. The van der Waals surface area contributed by atoms with Gasteiger partial charge in [-0.25, -0.2) is 14.6 Å². The summed E-state index contributed by atoms with van der Waals surface area (Å²) in [6, 6.07) is 5.12. The van der Waals surface area contributed by atoms with Crippen LogP contribution in [0.25, 0.3) is 22.4 Å². The van der Waals surface area contributed by atoms with E-state index in [0.717, 1.165) is 12.8 Å². The van der Waals surface area contributed by atoms with Gasteiger partial charge in [0, 0.05) is 35.9 Å². The quantitative estimate of drug-likeness (QED) is 0.245. The third-order valence-electron chi connectivity index (χ3n) is 6.24. The average Bonchev–Trinajstić information content (AvgIpc) is 3.32. The number of hydrogen-bond acceptors (Lipinski definition) is 9. The van der Waals surface area contributed by atoms with Crippen molar-refractivity contribution in [2.24, 2.45) is 0 Å². The molecule has 1 aromatic carbocycles. The molecule has 3 aromatic rings. The molecule has 1 fully saturated rings. The van der Waals surface area contributed by atoms with Crippen LogP contribution in [-0.2, 0) is 9.59 Å². The Morgan fingerprint density at radius 3 is 1.82 bits per heavy atom. The zero-order valence-corrected chi connectivity index (χ0v) is 24.4. The number of aliphatic carboxylic acids is 2. The third-order valence-corrected chi connectivity index (χ3v) is 6.24. The van der Waals surface area contributed by atoms with Crippen LogP contribution in [0.4, 0.5) is 36.7 Å². The first-order valence-corrected chi connectivity index (χ1v) is 12.8. The molecule has 4 rings (SSSR count). The molecule has 1 saturated heterocycles. The lowest BCUT2D eigenvalue weighted by Crippen LogP contribution is -2.62. The monoisotopic (exact) mass is 653 g/mol. The van der Waals surface area contributed by atoms with Gasteiger partial charge in [0.1, 0.15) is 11.4 Å². The molecule has 0 aliphatic carbocycles. The highest BCUT2D eigenvalue weighted by molar-refractivity contribution is 5.74. The Kier molecular flexibility index (Phi) is 11.1. The summed E-state index contributed by atoms with van der Waals surface area (Å²) in [5.41, 5.74) is 1.74. The minimum Gasteiger partial charge on any atom is -0.507 e. The van der Waals surface area contributed by atoms with Crippen molar-refractivity contribution in [1.29, 1.82) is 0 Å². The van der Waals surface area contributed by atoms with Crippen molar-refractivity contribution >= 4 is 17.9 Å². The van der Waals surface area contributed by atoms with Gasteiger partial charge in [0.15, 0.2) is 0 Å². The number of aromatic nitrogens is 5. The van der Waals surface area contributed by atoms with Crippen LogP contribution >= 0.6 is 0 Å². The Bertz CT molecular complexity index is 1440. The molecule has 5 N–H and O–H groups in total. The smallest absolute Gasteiger partial charge is 0.490 e. The molecule has 0 bridgehead atoms. The summed E-state index contributed by atoms with van der Waals surface area (Å²) in [4.78, 5) is 24.4. The first-order valence-electron chi connectivity index (χ1n) is 12.8. The van der Waals surface area contributed by atoms with Crippen LogP contribution in [0.15, 0.2) is 30.6 Å². The van der Waals surface area contributed by atoms with Crippen LogP contribution in [0.3, 0.4) is 0 Å². The number of H-pyrrole nitrogens is 1. The topological polar surface area (TPSA) is 177 Å². The van der Waals surface area contributed by atoms with Gasteiger partial charge in [0.25, 0.3) is 0 Å². The number of nitrogens with one attached hydrogen (secondary N) is 2. The lowest BCUT2D eigenvalue weighted by molar-refractivity contribution is -0.193. The summed E-state index contributed by atoms with van der Waals surface area (Å²) in [5.74, 6) is -5.62. The summed E-state index contributed by atoms with van der Waals surface area (Å²) in [5, 5.41) is 42.9. The molecule has 1 aliphatic heterocycles. The van der Waals surface area contributed by atoms with Gasteiger partial charge in [-0.05, 0) is 58.2 Å². The van der Waals surface area contributed by atoms with Crippen LogP contribution in [0.1, 0.15) is 40.5 Å². The number of carbonyl (C=O) groups is 2. The number of aromatic amines is 1. The largest absolute Gasteiger partial charge is 0.507 e. The van der Waals surface area contributed by atoms with E-state index >= 15 is 0 Å². The maximum Gasteiger partial charge on any atom is 0.490 e. The van der Waals surface area contributed by atoms with Crippen molar-refractivity contribution in [3.05, 3.63) is 36.5 Å². The maximum absolute atomic E-state index is 13.7. The van der Waals surface area contributed by atoms with E-state index in [1.807, 2.05) is 7.05 Å². The number of carboxylic acids is 2. The Labute approximate surface area is 251 Å². The van der Waals surface area contributed by atoms with E-state index in [1.165, 1.54) is 12.3 Å². The van der Waals surface area contributed by atoms with Crippen molar-refractivity contribution < 1.29 is 55.6 Å². The molecule has 12 nitrogen and oxygen atoms in total. The predicted molar refractivity (Wildman–Crippen MR) is 145 cm³/mol. The number of phenolic OH excluding ortho intramolecular Hbond substituents is 1. The summed E-state index contributed by atoms with van der Waals surface area (Å²) in [7, 11) is 1.99. The number of carboxylic acid groups (broad SMARTS) is 2. The number of alkyl halides is 6. The number of aromatic hydroxyl groups is 1. The van der Waals surface area contributed by atoms with Crippen LogP contribution in [0.5, 0.6) is 5.75 Å². The number of halogens is 7. The molecule has 2 aromatic heterocycles. The number of benzene rings is 1. The Morgan fingerprint density at radius 1 is 0.933 bits per heavy atom. The fraction of sp³-hybridized carbons (Fsp3) is 0.462. The lowest BCUT2D eigenvalue weighted by Gasteiger charge is -2.48. The second-order valence-corrected chi connectivity index (χ2v) is 11.1. The highest BCUT2D eigenvalue weighted by Crippen LogP contribution is 2.34. The van der Waals surface area contributed by atoms with Crippen LogP contribution in [0, 0.1) is 5.95 Å². The highest BCUT2D eigenvalue weighted by Gasteiger charge is 2.40. The van der Waals surface area contributed by atoms with Crippen molar-refractivity contribution in [3.8, 4) is 28.1 Å². The molecule has 19 heteroatoms. The molecule has 248 valence electrons. The standard InChI is InChI=1S/C22H28FN7O.2C2HF3O2/c1-21(2)9-14(10-22(3,4)29-21)30(5)20-24-12-17(26-28-20)15-7-6-13(8-18(15)31)16-11-25-27-19(16)23;2*3-2(4,5)1(6)7/h6-8,11-12,14,29,31H,9-10H2,1-5H3,(H,25,27);2*(H,6,7). The minimum atomic E-state index is -5.08. The van der Waals surface area contributed by atoms with Gasteiger partial charge >= 0.3 is 24.3 Å². The van der Waals surface area contributed by atoms with E-state index in [4.69, 9.17) is 19.8 Å². The molecule has 0 radical (unpaired) electrons. The van der Waals surface area contributed by atoms with Crippen molar-refractivity contribution in [2.45, 2.75) is 70.0 Å². The summed E-state index contributed by atoms with van der Waals surface area (Å²) >= 11 is 0. The molecule has 1 aliphatic rings. The van der Waals surface area contributed by atoms with E-state index in [-0.39, 0.29) is 28.4 Å². The normalized spacial score (nSPS) is 16.0. The predicted octanol–water partition coefficient (Wildman–Crippen LogP) is 4.79. The number of hydrogen-bond donors (Lipinski definition) is 5. The maximum atomic E-state index is 13.7. The van der Waals surface area contributed by atoms with Gasteiger partial charge in [-0.2, -0.15) is 30.7 Å². The second-order valence-electron chi connectivity index (χ2n) is 11.1. The first-order chi connectivity index (χ1) is 20.4. The van der Waals surface area contributed by atoms with Crippen molar-refractivity contribution in [3.63, 3.8) is 0 Å². The van der Waals surface area contributed by atoms with E-state index in [9.17, 15) is 35.8 Å². The fourth-order valence-electron chi connectivity index (χ4n) is 4.65. The van der Waals surface area contributed by atoms with Gasteiger partial charge < -0.3 is 25.5 Å². The number of anilines is 1. The van der Waals surface area contributed by atoms with Gasteiger partial charge in [-0.3, -0.25) is 5.10 Å². The van der Waals surface area contributed by atoms with Gasteiger partial charge in [0.2, 0.25) is 11.9 Å². The first kappa shape index (κ1) is 36.6. The van der Waals surface area contributed by atoms with Crippen LogP contribution in [0.2, 0.25) is 0 Å². The molecular formula is C26H30F7N7O5. The molecule has 0 spiro atoms. The number of rotatable bonds is 4. The Hall–Kier alpha value is -4.55. The van der Waals surface area contributed by atoms with Gasteiger partial charge in [-0.1, -0.05) is 6.07 Å². The van der Waals surface area contributed by atoms with Crippen LogP contribution in [-0.4, -0.2) is 89.2 Å². The molecule has 45 heavy (non-hydrogen) atoms. The fourth-order valence-corrected chi connectivity index (χ4v) is 4.65. The van der Waals surface area contributed by atoms with E-state index in [1.54, 1.807) is 18.3 Å². The lowest BCUT2D eigenvalue weighted by atomic mass is 9.79. The molecule has 0 saturated carbocycles. The van der Waals surface area contributed by atoms with E-state index < -0.39 is 30.2 Å². The second kappa shape index (κ2) is 13.6. The van der Waals surface area contributed by atoms with Gasteiger partial charge in [0.05, 0.1) is 11.8 Å². The number of nitrogens with zero attached hydrogens (tertiary/aromatic N) is 5. The molecular weight excluding hydrogens is 623 g/mol. The summed E-state index contributed by atoms with van der Waals surface area (Å²) < 4.78 is 77.2. The third kappa shape index (κ3) is 10.5. The minimum absolute atomic E-state index is 0.00996. The molecule has 3 heterocycles. The molecule has 0 atom stereocenters. The zero-order chi connectivity index (χ0) is 34.5. The van der Waals surface area contributed by atoms with Crippen molar-refractivity contribution in [2.75, 3.05) is 11.9 Å². The SMILES string of the molecule is CN(c1ncc(-c2ccc(-c3c[nH]nc3F)cc2O)nn1)C1CC(C)(C)NC(C)(C)C1.O=C(O)C(F)(F)F.O=C(O)C(F)(F)F. The Morgan fingerprint density at radius 2 is 1.44 bits per heavy atom. The number of piperidine rings is 1. The van der Waals surface area contributed by atoms with E-state index in [0.29, 0.717) is 22.8 Å². The van der Waals surface area contributed by atoms with Crippen LogP contribution < -0.4 is 10.2 Å².